The van der Waals surface area contributed by atoms with Gasteiger partial charge in [0.05, 0.1) is 0 Å². The first-order valence-electron chi connectivity index (χ1n) is 21.2. The van der Waals surface area contributed by atoms with Crippen molar-refractivity contribution in [1.82, 2.24) is 9.97 Å². The minimum atomic E-state index is 0.588. The second kappa shape index (κ2) is 14.0. The molecule has 5 heteroatoms. The summed E-state index contributed by atoms with van der Waals surface area (Å²) in [6.07, 6.45) is 0. The molecule has 0 saturated heterocycles. The molecule has 13 rings (SSSR count). The number of anilines is 3. The Kier molecular flexibility index (Phi) is 7.84. The molecule has 0 bridgehead atoms. The van der Waals surface area contributed by atoms with Gasteiger partial charge in [0.25, 0.3) is 0 Å². The molecule has 5 nitrogen and oxygen atoms in total. The highest BCUT2D eigenvalue weighted by Crippen LogP contribution is 2.41. The molecule has 13 aromatic rings. The van der Waals surface area contributed by atoms with Crippen molar-refractivity contribution in [2.45, 2.75) is 0 Å². The van der Waals surface area contributed by atoms with E-state index in [1.807, 2.05) is 12.1 Å². The first-order chi connectivity index (χ1) is 31.1. The Labute approximate surface area is 361 Å². The molecule has 0 spiro atoms. The molecule has 0 atom stereocenters. The van der Waals surface area contributed by atoms with Crippen LogP contribution in [0.2, 0.25) is 0 Å². The second-order valence-electron chi connectivity index (χ2n) is 16.3. The van der Waals surface area contributed by atoms with Crippen LogP contribution in [0.25, 0.3) is 110 Å². The molecular weight excluding hydrogens is 771 g/mol. The summed E-state index contributed by atoms with van der Waals surface area (Å²) in [6, 6.07) is 75.0. The van der Waals surface area contributed by atoms with Crippen molar-refractivity contribution >= 4 is 93.1 Å². The number of hydrogen-bond acceptors (Lipinski definition) is 5. The van der Waals surface area contributed by atoms with Gasteiger partial charge in [-0.05, 0) is 138 Å². The summed E-state index contributed by atoms with van der Waals surface area (Å²) in [4.78, 5) is 12.1. The smallest absolute Gasteiger partial charge is 0.227 e. The standard InChI is InChI=1S/C58H35N3O2/c1-4-10-39-29-42(16-13-36(39)7-1)43-21-25-51-44(30-43)17-18-45-33-48(22-26-52(45)51)61(49-23-27-53-55(34-49)62-57(59-53)46-19-14-37-8-2-5-11-40(37)31-46)50-24-28-54-56(35-50)63-58(60-54)47-20-15-38-9-3-6-12-41(38)32-47/h1-35H. The molecule has 2 aromatic heterocycles. The number of nitrogens with zero attached hydrogens (tertiary/aromatic N) is 3. The Bertz CT molecular complexity index is 3800. The number of oxazole rings is 2. The lowest BCUT2D eigenvalue weighted by molar-refractivity contribution is 0.620. The molecule has 2 heterocycles. The quantitative estimate of drug-likeness (QED) is 0.157. The molecule has 11 aromatic carbocycles. The predicted octanol–water partition coefficient (Wildman–Crippen LogP) is 16.2. The maximum absolute atomic E-state index is 6.53. The predicted molar refractivity (Wildman–Crippen MR) is 260 cm³/mol. The van der Waals surface area contributed by atoms with Gasteiger partial charge in [0.15, 0.2) is 11.2 Å². The first-order valence-corrected chi connectivity index (χ1v) is 21.2. The van der Waals surface area contributed by atoms with Gasteiger partial charge in [-0.25, -0.2) is 9.97 Å². The zero-order chi connectivity index (χ0) is 41.4. The zero-order valence-electron chi connectivity index (χ0n) is 33.9. The van der Waals surface area contributed by atoms with Gasteiger partial charge in [0.2, 0.25) is 11.8 Å². The first kappa shape index (κ1) is 35.2. The van der Waals surface area contributed by atoms with Crippen molar-refractivity contribution in [3.63, 3.8) is 0 Å². The van der Waals surface area contributed by atoms with Gasteiger partial charge in [-0.15, -0.1) is 0 Å². The minimum Gasteiger partial charge on any atom is -0.436 e. The lowest BCUT2D eigenvalue weighted by Crippen LogP contribution is -2.09. The average Bonchev–Trinajstić information content (AvgIpc) is 3.98. The van der Waals surface area contributed by atoms with Crippen molar-refractivity contribution in [3.8, 4) is 34.0 Å². The fourth-order valence-corrected chi connectivity index (χ4v) is 9.19. The number of benzene rings is 11. The molecule has 0 unspecified atom stereocenters. The fourth-order valence-electron chi connectivity index (χ4n) is 9.19. The van der Waals surface area contributed by atoms with Gasteiger partial charge in [-0.3, -0.25) is 0 Å². The zero-order valence-corrected chi connectivity index (χ0v) is 33.9. The third-order valence-electron chi connectivity index (χ3n) is 12.4. The SMILES string of the molecule is c1ccc2cc(-c3ccc4c(ccc5cc(N(c6ccc7nc(-c8ccc9ccccc9c8)oc7c6)c6ccc7nc(-c8ccc9ccccc9c8)oc7c6)ccc54)c3)ccc2c1. The van der Waals surface area contributed by atoms with Crippen molar-refractivity contribution < 1.29 is 8.83 Å². The maximum Gasteiger partial charge on any atom is 0.227 e. The van der Waals surface area contributed by atoms with E-state index >= 15 is 0 Å². The highest BCUT2D eigenvalue weighted by Gasteiger charge is 2.19. The lowest BCUT2D eigenvalue weighted by Gasteiger charge is -2.25. The van der Waals surface area contributed by atoms with Crippen LogP contribution in [0.15, 0.2) is 221 Å². The van der Waals surface area contributed by atoms with Crippen LogP contribution in [0.5, 0.6) is 0 Å². The molecule has 0 aliphatic rings. The summed E-state index contributed by atoms with van der Waals surface area (Å²) in [5, 5.41) is 11.9. The van der Waals surface area contributed by atoms with Crippen molar-refractivity contribution in [3.05, 3.63) is 212 Å². The van der Waals surface area contributed by atoms with E-state index in [1.165, 1.54) is 48.8 Å². The van der Waals surface area contributed by atoms with Gasteiger partial charge in [0, 0.05) is 40.3 Å². The van der Waals surface area contributed by atoms with E-state index in [4.69, 9.17) is 18.8 Å². The highest BCUT2D eigenvalue weighted by atomic mass is 16.4. The molecule has 0 aliphatic heterocycles. The minimum absolute atomic E-state index is 0.588. The summed E-state index contributed by atoms with van der Waals surface area (Å²) in [5.74, 6) is 1.18. The van der Waals surface area contributed by atoms with E-state index in [-0.39, 0.29) is 0 Å². The van der Waals surface area contributed by atoms with Gasteiger partial charge in [0.1, 0.15) is 11.0 Å². The van der Waals surface area contributed by atoms with Crippen LogP contribution < -0.4 is 4.90 Å². The van der Waals surface area contributed by atoms with Crippen LogP contribution in [0.1, 0.15) is 0 Å². The van der Waals surface area contributed by atoms with Crippen molar-refractivity contribution in [1.29, 1.82) is 0 Å². The van der Waals surface area contributed by atoms with Crippen LogP contribution in [-0.4, -0.2) is 9.97 Å². The summed E-state index contributed by atoms with van der Waals surface area (Å²) < 4.78 is 13.1. The van der Waals surface area contributed by atoms with Crippen molar-refractivity contribution in [2.75, 3.05) is 4.90 Å². The largest absolute Gasteiger partial charge is 0.436 e. The van der Waals surface area contributed by atoms with Crippen LogP contribution >= 0.6 is 0 Å². The second-order valence-corrected chi connectivity index (χ2v) is 16.3. The van der Waals surface area contributed by atoms with E-state index in [2.05, 4.69) is 205 Å². The lowest BCUT2D eigenvalue weighted by atomic mass is 9.96. The molecule has 0 amide bonds. The fraction of sp³-hybridized carbons (Fsp3) is 0. The van der Waals surface area contributed by atoms with E-state index in [0.29, 0.717) is 22.9 Å². The van der Waals surface area contributed by atoms with Crippen molar-refractivity contribution in [2.24, 2.45) is 0 Å². The van der Waals surface area contributed by atoms with Gasteiger partial charge < -0.3 is 13.7 Å². The van der Waals surface area contributed by atoms with E-state index < -0.39 is 0 Å². The number of rotatable bonds is 6. The average molecular weight is 806 g/mol. The van der Waals surface area contributed by atoms with Gasteiger partial charge in [-0.2, -0.15) is 0 Å². The summed E-state index contributed by atoms with van der Waals surface area (Å²) in [7, 11) is 0. The molecule has 0 N–H and O–H groups in total. The van der Waals surface area contributed by atoms with E-state index in [1.54, 1.807) is 0 Å². The van der Waals surface area contributed by atoms with Gasteiger partial charge in [-0.1, -0.05) is 127 Å². The summed E-state index contributed by atoms with van der Waals surface area (Å²) >= 11 is 0. The summed E-state index contributed by atoms with van der Waals surface area (Å²) in [6.45, 7) is 0. The summed E-state index contributed by atoms with van der Waals surface area (Å²) in [5.41, 5.74) is 10.1. The third-order valence-corrected chi connectivity index (χ3v) is 12.4. The van der Waals surface area contributed by atoms with Crippen LogP contribution in [0.4, 0.5) is 17.1 Å². The Morgan fingerprint density at radius 2 is 0.651 bits per heavy atom. The normalized spacial score (nSPS) is 11.8. The van der Waals surface area contributed by atoms with Crippen LogP contribution in [-0.2, 0) is 0 Å². The maximum atomic E-state index is 6.53. The highest BCUT2D eigenvalue weighted by molar-refractivity contribution is 6.10. The Morgan fingerprint density at radius 1 is 0.286 bits per heavy atom. The molecule has 294 valence electrons. The Hall–Kier alpha value is -8.54. The topological polar surface area (TPSA) is 55.3 Å². The van der Waals surface area contributed by atoms with E-state index in [9.17, 15) is 0 Å². The molecular formula is C58H35N3O2. The molecule has 0 fully saturated rings. The Balaban J connectivity index is 0.922. The molecule has 63 heavy (non-hydrogen) atoms. The Morgan fingerprint density at radius 3 is 1.17 bits per heavy atom. The molecule has 0 radical (unpaired) electrons. The van der Waals surface area contributed by atoms with Gasteiger partial charge >= 0.3 is 0 Å². The van der Waals surface area contributed by atoms with Crippen LogP contribution in [0, 0.1) is 0 Å². The van der Waals surface area contributed by atoms with E-state index in [0.717, 1.165) is 55.4 Å². The monoisotopic (exact) mass is 805 g/mol. The molecule has 0 aliphatic carbocycles. The number of fused-ring (bicyclic) bond motifs is 8. The van der Waals surface area contributed by atoms with Crippen LogP contribution in [0.3, 0.4) is 0 Å². The third kappa shape index (κ3) is 6.09. The number of hydrogen-bond donors (Lipinski definition) is 0. The molecule has 0 saturated carbocycles. The number of aromatic nitrogens is 2.